The number of aryl methyl sites for hydroxylation is 1. The molecular weight excluding hydrogens is 348 g/mol. The van der Waals surface area contributed by atoms with E-state index in [-0.39, 0.29) is 11.6 Å². The molecule has 0 bridgehead atoms. The minimum absolute atomic E-state index is 0.00532. The van der Waals surface area contributed by atoms with Crippen LogP contribution in [0.15, 0.2) is 53.1 Å². The summed E-state index contributed by atoms with van der Waals surface area (Å²) >= 11 is 0. The van der Waals surface area contributed by atoms with E-state index < -0.39 is 4.92 Å². The number of nitrogens with zero attached hydrogens (tertiary/aromatic N) is 4. The number of hydrogen-bond donors (Lipinski definition) is 0. The maximum Gasteiger partial charge on any atom is 0.269 e. The Morgan fingerprint density at radius 1 is 1.07 bits per heavy atom. The van der Waals surface area contributed by atoms with E-state index in [1.54, 1.807) is 12.1 Å². The largest absolute Gasteiger partial charge is 0.480 e. The van der Waals surface area contributed by atoms with Crippen molar-refractivity contribution >= 4 is 16.6 Å². The molecule has 0 unspecified atom stereocenters. The first-order chi connectivity index (χ1) is 13.0. The van der Waals surface area contributed by atoms with Crippen molar-refractivity contribution in [1.82, 2.24) is 15.1 Å². The zero-order valence-corrected chi connectivity index (χ0v) is 14.5. The van der Waals surface area contributed by atoms with Crippen LogP contribution in [0.25, 0.3) is 33.7 Å². The molecule has 0 aliphatic rings. The van der Waals surface area contributed by atoms with Crippen LogP contribution < -0.4 is 4.74 Å². The van der Waals surface area contributed by atoms with E-state index in [0.29, 0.717) is 22.8 Å². The normalized spacial score (nSPS) is 10.9. The number of rotatable bonds is 4. The average Bonchev–Trinajstić information content (AvgIpc) is 3.17. The van der Waals surface area contributed by atoms with Gasteiger partial charge >= 0.3 is 0 Å². The van der Waals surface area contributed by atoms with Gasteiger partial charge < -0.3 is 9.26 Å². The van der Waals surface area contributed by atoms with Crippen LogP contribution in [0.4, 0.5) is 5.69 Å². The monoisotopic (exact) mass is 362 g/mol. The first-order valence-electron chi connectivity index (χ1n) is 8.09. The van der Waals surface area contributed by atoms with Gasteiger partial charge in [-0.05, 0) is 37.3 Å². The number of methoxy groups -OCH3 is 1. The molecule has 0 amide bonds. The number of benzene rings is 2. The van der Waals surface area contributed by atoms with Crippen molar-refractivity contribution in [2.45, 2.75) is 6.92 Å². The number of aromatic nitrogens is 3. The van der Waals surface area contributed by atoms with Gasteiger partial charge in [-0.1, -0.05) is 16.8 Å². The lowest BCUT2D eigenvalue weighted by Gasteiger charge is -2.07. The van der Waals surface area contributed by atoms with Gasteiger partial charge in [0.2, 0.25) is 11.7 Å². The third-order valence-corrected chi connectivity index (χ3v) is 4.12. The second-order valence-electron chi connectivity index (χ2n) is 5.97. The summed E-state index contributed by atoms with van der Waals surface area (Å²) in [6.45, 7) is 2.00. The second kappa shape index (κ2) is 6.49. The van der Waals surface area contributed by atoms with E-state index in [9.17, 15) is 10.1 Å². The molecule has 0 aliphatic carbocycles. The number of hydrogen-bond acceptors (Lipinski definition) is 7. The number of fused-ring (bicyclic) bond motifs is 1. The molecule has 0 spiro atoms. The maximum absolute atomic E-state index is 10.8. The Bertz CT molecular complexity index is 1150. The Morgan fingerprint density at radius 3 is 2.56 bits per heavy atom. The predicted molar refractivity (Wildman–Crippen MR) is 98.4 cm³/mol. The first-order valence-corrected chi connectivity index (χ1v) is 8.09. The van der Waals surface area contributed by atoms with Gasteiger partial charge in [-0.15, -0.1) is 0 Å². The Kier molecular flexibility index (Phi) is 4.00. The fourth-order valence-corrected chi connectivity index (χ4v) is 2.77. The van der Waals surface area contributed by atoms with Crippen molar-refractivity contribution < 1.29 is 14.2 Å². The summed E-state index contributed by atoms with van der Waals surface area (Å²) in [6.07, 6.45) is 0. The van der Waals surface area contributed by atoms with Crippen molar-refractivity contribution in [2.24, 2.45) is 0 Å². The third kappa shape index (κ3) is 3.08. The highest BCUT2D eigenvalue weighted by Gasteiger charge is 2.17. The molecule has 0 saturated heterocycles. The SMILES string of the molecule is COc1nc2ccc(C)cc2cc1-c1noc(-c2ccc([N+](=O)[O-])cc2)n1. The minimum atomic E-state index is -0.462. The van der Waals surface area contributed by atoms with Crippen LogP contribution in [-0.2, 0) is 0 Å². The average molecular weight is 362 g/mol. The number of nitro benzene ring substituents is 1. The molecule has 4 aromatic rings. The Hall–Kier alpha value is -3.81. The predicted octanol–water partition coefficient (Wildman–Crippen LogP) is 4.18. The van der Waals surface area contributed by atoms with E-state index in [2.05, 4.69) is 15.1 Å². The molecule has 27 heavy (non-hydrogen) atoms. The lowest BCUT2D eigenvalue weighted by atomic mass is 10.1. The fraction of sp³-hybridized carbons (Fsp3) is 0.105. The zero-order chi connectivity index (χ0) is 19.0. The maximum atomic E-state index is 10.8. The van der Waals surface area contributed by atoms with Crippen LogP contribution in [0.5, 0.6) is 5.88 Å². The van der Waals surface area contributed by atoms with E-state index in [1.807, 2.05) is 31.2 Å². The van der Waals surface area contributed by atoms with Gasteiger partial charge in [0.05, 0.1) is 23.1 Å². The first kappa shape index (κ1) is 16.6. The van der Waals surface area contributed by atoms with Crippen molar-refractivity contribution in [3.05, 3.63) is 64.2 Å². The number of nitro groups is 1. The number of non-ortho nitro benzene ring substituents is 1. The molecule has 0 aliphatic heterocycles. The molecule has 134 valence electrons. The van der Waals surface area contributed by atoms with E-state index >= 15 is 0 Å². The highest BCUT2D eigenvalue weighted by molar-refractivity contribution is 5.85. The molecule has 0 saturated carbocycles. The fourth-order valence-electron chi connectivity index (χ4n) is 2.77. The van der Waals surface area contributed by atoms with Crippen LogP contribution >= 0.6 is 0 Å². The summed E-state index contributed by atoms with van der Waals surface area (Å²) in [5.41, 5.74) is 3.10. The molecule has 2 aromatic heterocycles. The van der Waals surface area contributed by atoms with Gasteiger partial charge in [0.15, 0.2) is 0 Å². The van der Waals surface area contributed by atoms with Crippen molar-refractivity contribution in [3.8, 4) is 28.7 Å². The van der Waals surface area contributed by atoms with Crippen LogP contribution in [0.3, 0.4) is 0 Å². The van der Waals surface area contributed by atoms with E-state index in [0.717, 1.165) is 16.5 Å². The summed E-state index contributed by atoms with van der Waals surface area (Å²) < 4.78 is 10.7. The van der Waals surface area contributed by atoms with Crippen molar-refractivity contribution in [3.63, 3.8) is 0 Å². The molecule has 8 heteroatoms. The molecule has 4 rings (SSSR count). The van der Waals surface area contributed by atoms with Crippen LogP contribution in [0.2, 0.25) is 0 Å². The number of ether oxygens (including phenoxy) is 1. The highest BCUT2D eigenvalue weighted by atomic mass is 16.6. The third-order valence-electron chi connectivity index (χ3n) is 4.12. The van der Waals surface area contributed by atoms with Crippen molar-refractivity contribution in [1.29, 1.82) is 0 Å². The van der Waals surface area contributed by atoms with Gasteiger partial charge in [0.1, 0.15) is 0 Å². The van der Waals surface area contributed by atoms with Crippen LogP contribution in [0.1, 0.15) is 5.56 Å². The molecule has 8 nitrogen and oxygen atoms in total. The molecule has 2 heterocycles. The Balaban J connectivity index is 1.77. The topological polar surface area (TPSA) is 104 Å². The Morgan fingerprint density at radius 2 is 1.85 bits per heavy atom. The van der Waals surface area contributed by atoms with Gasteiger partial charge in [-0.2, -0.15) is 4.98 Å². The summed E-state index contributed by atoms with van der Waals surface area (Å²) in [5, 5.41) is 15.7. The summed E-state index contributed by atoms with van der Waals surface area (Å²) in [7, 11) is 1.53. The molecule has 0 atom stereocenters. The van der Waals surface area contributed by atoms with Gasteiger partial charge in [0, 0.05) is 23.1 Å². The summed E-state index contributed by atoms with van der Waals surface area (Å²) in [5.74, 6) is 0.977. The lowest BCUT2D eigenvalue weighted by Crippen LogP contribution is -1.94. The molecular formula is C19H14N4O4. The number of pyridine rings is 1. The van der Waals surface area contributed by atoms with Crippen molar-refractivity contribution in [2.75, 3.05) is 7.11 Å². The lowest BCUT2D eigenvalue weighted by molar-refractivity contribution is -0.384. The smallest absolute Gasteiger partial charge is 0.269 e. The van der Waals surface area contributed by atoms with E-state index in [4.69, 9.17) is 9.26 Å². The Labute approximate surface area is 153 Å². The molecule has 2 aromatic carbocycles. The van der Waals surface area contributed by atoms with Crippen LogP contribution in [0, 0.1) is 17.0 Å². The van der Waals surface area contributed by atoms with Gasteiger partial charge in [-0.25, -0.2) is 4.98 Å². The van der Waals surface area contributed by atoms with Gasteiger partial charge in [0.25, 0.3) is 11.6 Å². The molecule has 0 N–H and O–H groups in total. The quantitative estimate of drug-likeness (QED) is 0.396. The highest BCUT2D eigenvalue weighted by Crippen LogP contribution is 2.31. The molecule has 0 fully saturated rings. The summed E-state index contributed by atoms with van der Waals surface area (Å²) in [4.78, 5) is 19.2. The standard InChI is InChI=1S/C19H14N4O4/c1-11-3-8-16-13(9-11)10-15(19(20-16)26-2)17-21-18(27-22-17)12-4-6-14(7-5-12)23(24)25/h3-10H,1-2H3. The minimum Gasteiger partial charge on any atom is -0.480 e. The van der Waals surface area contributed by atoms with E-state index in [1.165, 1.54) is 19.2 Å². The second-order valence-corrected chi connectivity index (χ2v) is 5.97. The molecule has 0 radical (unpaired) electrons. The van der Waals surface area contributed by atoms with Gasteiger partial charge in [-0.3, -0.25) is 10.1 Å². The van der Waals surface area contributed by atoms with Crippen LogP contribution in [-0.4, -0.2) is 27.2 Å². The zero-order valence-electron chi connectivity index (χ0n) is 14.5. The summed E-state index contributed by atoms with van der Waals surface area (Å²) in [6, 6.07) is 13.7.